The number of rotatable bonds is 7. The molecule has 0 aromatic heterocycles. The van der Waals surface area contributed by atoms with Gasteiger partial charge in [-0.05, 0) is 49.1 Å². The Kier molecular flexibility index (Phi) is 16.8. The molecule has 2 aliphatic rings. The van der Waals surface area contributed by atoms with Crippen LogP contribution in [0.15, 0.2) is 89.3 Å². The minimum atomic E-state index is -0.120. The summed E-state index contributed by atoms with van der Waals surface area (Å²) < 4.78 is 5.91. The van der Waals surface area contributed by atoms with E-state index in [9.17, 15) is 4.79 Å². The number of anilines is 2. The molecule has 0 saturated carbocycles. The molecule has 1 aromatic carbocycles. The van der Waals surface area contributed by atoms with Crippen LogP contribution in [0.3, 0.4) is 0 Å². The number of nitrogens with zero attached hydrogens (tertiary/aromatic N) is 1. The first-order valence-electron chi connectivity index (χ1n) is 11.8. The SMILES string of the molecule is C/C=N\C(=C/COC1=CC2C=C(C)SC2C=C1)Nc1ccccc1NC(C)=O.C=C.CC.CC. The van der Waals surface area contributed by atoms with Crippen molar-refractivity contribution in [3.63, 3.8) is 0 Å². The van der Waals surface area contributed by atoms with Crippen LogP contribution in [0, 0.1) is 5.92 Å². The highest BCUT2D eigenvalue weighted by molar-refractivity contribution is 8.04. The van der Waals surface area contributed by atoms with Crippen LogP contribution in [-0.4, -0.2) is 24.0 Å². The second kappa shape index (κ2) is 18.4. The number of benzene rings is 1. The van der Waals surface area contributed by atoms with Gasteiger partial charge in [-0.25, -0.2) is 4.99 Å². The average Bonchev–Trinajstić information content (AvgIpc) is 3.23. The lowest BCUT2D eigenvalue weighted by atomic mass is 9.99. The van der Waals surface area contributed by atoms with Gasteiger partial charge in [0.1, 0.15) is 18.2 Å². The van der Waals surface area contributed by atoms with Gasteiger partial charge in [-0.3, -0.25) is 4.79 Å². The number of hydrogen-bond donors (Lipinski definition) is 2. The van der Waals surface area contributed by atoms with Crippen molar-refractivity contribution in [2.45, 2.75) is 53.7 Å². The Balaban J connectivity index is 0.00000168. The molecule has 2 unspecified atom stereocenters. The van der Waals surface area contributed by atoms with Crippen molar-refractivity contribution in [3.05, 3.63) is 84.3 Å². The van der Waals surface area contributed by atoms with Crippen molar-refractivity contribution < 1.29 is 9.53 Å². The Hall–Kier alpha value is -2.99. The molecule has 0 radical (unpaired) electrons. The molecule has 0 saturated heterocycles. The third-order valence-corrected chi connectivity index (χ3v) is 5.48. The lowest BCUT2D eigenvalue weighted by Crippen LogP contribution is -2.11. The Morgan fingerprint density at radius 1 is 1.12 bits per heavy atom. The van der Waals surface area contributed by atoms with E-state index in [-0.39, 0.29) is 5.91 Å². The van der Waals surface area contributed by atoms with Crippen molar-refractivity contribution in [1.29, 1.82) is 0 Å². The largest absolute Gasteiger partial charge is 0.490 e. The molecule has 2 N–H and O–H groups in total. The Morgan fingerprint density at radius 3 is 2.32 bits per heavy atom. The number of carbonyl (C=O) groups is 1. The molecule has 2 atom stereocenters. The number of allylic oxidation sites excluding steroid dienone is 4. The van der Waals surface area contributed by atoms with E-state index in [2.05, 4.69) is 53.9 Å². The van der Waals surface area contributed by atoms with E-state index >= 15 is 0 Å². The van der Waals surface area contributed by atoms with Crippen LogP contribution in [0.1, 0.15) is 48.5 Å². The predicted molar refractivity (Wildman–Crippen MR) is 152 cm³/mol. The zero-order valence-corrected chi connectivity index (χ0v) is 22.5. The fraction of sp³-hybridized carbons (Fsp3) is 0.357. The number of aliphatic imine (C=N–C) groups is 1. The van der Waals surface area contributed by atoms with E-state index in [4.69, 9.17) is 4.74 Å². The van der Waals surface area contributed by atoms with Crippen LogP contribution >= 0.6 is 11.8 Å². The van der Waals surface area contributed by atoms with Crippen LogP contribution in [0.2, 0.25) is 0 Å². The molecule has 6 heteroatoms. The Labute approximate surface area is 210 Å². The first-order valence-corrected chi connectivity index (χ1v) is 12.6. The van der Waals surface area contributed by atoms with Gasteiger partial charge in [0.15, 0.2) is 0 Å². The highest BCUT2D eigenvalue weighted by Gasteiger charge is 2.25. The van der Waals surface area contributed by atoms with E-state index in [1.54, 1.807) is 6.21 Å². The molecular formula is C28H41N3O2S. The van der Waals surface area contributed by atoms with Crippen molar-refractivity contribution in [1.82, 2.24) is 0 Å². The molecule has 1 amide bonds. The van der Waals surface area contributed by atoms with Crippen molar-refractivity contribution in [2.24, 2.45) is 10.9 Å². The first-order chi connectivity index (χ1) is 16.5. The molecule has 186 valence electrons. The number of fused-ring (bicyclic) bond motifs is 1. The number of amides is 1. The molecule has 1 aliphatic heterocycles. The predicted octanol–water partition coefficient (Wildman–Crippen LogP) is 7.95. The smallest absolute Gasteiger partial charge is 0.221 e. The normalized spacial score (nSPS) is 17.9. The lowest BCUT2D eigenvalue weighted by Gasteiger charge is -2.18. The summed E-state index contributed by atoms with van der Waals surface area (Å²) in [5.41, 5.74) is 1.48. The number of ether oxygens (including phenoxy) is 1. The molecule has 34 heavy (non-hydrogen) atoms. The van der Waals surface area contributed by atoms with Gasteiger partial charge in [-0.2, -0.15) is 0 Å². The fourth-order valence-corrected chi connectivity index (χ4v) is 4.20. The molecule has 5 nitrogen and oxygen atoms in total. The number of hydrogen-bond acceptors (Lipinski definition) is 5. The van der Waals surface area contributed by atoms with Crippen molar-refractivity contribution >= 4 is 35.3 Å². The monoisotopic (exact) mass is 483 g/mol. The molecule has 1 aromatic rings. The molecule has 0 spiro atoms. The zero-order chi connectivity index (χ0) is 25.9. The number of nitrogens with one attached hydrogen (secondary N) is 2. The molecule has 3 rings (SSSR count). The summed E-state index contributed by atoms with van der Waals surface area (Å²) in [5.74, 6) is 1.82. The first kappa shape index (κ1) is 31.0. The van der Waals surface area contributed by atoms with Crippen LogP contribution < -0.4 is 10.6 Å². The maximum Gasteiger partial charge on any atom is 0.221 e. The molecular weight excluding hydrogens is 442 g/mol. The summed E-state index contributed by atoms with van der Waals surface area (Å²) in [6.07, 6.45) is 12.3. The van der Waals surface area contributed by atoms with Gasteiger partial charge in [0.25, 0.3) is 0 Å². The number of para-hydroxylation sites is 2. The second-order valence-corrected chi connectivity index (χ2v) is 7.93. The van der Waals surface area contributed by atoms with Gasteiger partial charge in [-0.1, -0.05) is 52.0 Å². The fourth-order valence-electron chi connectivity index (χ4n) is 3.06. The number of carbonyl (C=O) groups excluding carboxylic acids is 1. The quantitative estimate of drug-likeness (QED) is 0.305. The summed E-state index contributed by atoms with van der Waals surface area (Å²) in [6, 6.07) is 7.51. The standard InChI is InChI=1S/C22H25N3O2S.2C2H6.C2H4/c1-4-23-22(25-20-8-6-5-7-19(20)24-16(3)26)11-12-27-18-9-10-21-17(14-18)13-15(2)28-21;3*1-2/h4-11,13-14,17,21,25H,12H2,1-3H3,(H,24,26);2*1-2H3;1-2H2/b22-11+,23-4-;;;. The van der Waals surface area contributed by atoms with Gasteiger partial charge < -0.3 is 15.4 Å². The van der Waals surface area contributed by atoms with Crippen LogP contribution in [0.25, 0.3) is 0 Å². The molecule has 1 heterocycles. The van der Waals surface area contributed by atoms with Crippen LogP contribution in [0.4, 0.5) is 11.4 Å². The average molecular weight is 484 g/mol. The van der Waals surface area contributed by atoms with Gasteiger partial charge in [0.2, 0.25) is 5.91 Å². The van der Waals surface area contributed by atoms with E-state index in [1.807, 2.05) is 82.8 Å². The van der Waals surface area contributed by atoms with Crippen LogP contribution in [0.5, 0.6) is 0 Å². The van der Waals surface area contributed by atoms with Crippen molar-refractivity contribution in [3.8, 4) is 0 Å². The minimum Gasteiger partial charge on any atom is -0.490 e. The van der Waals surface area contributed by atoms with E-state index < -0.39 is 0 Å². The Morgan fingerprint density at radius 2 is 1.74 bits per heavy atom. The minimum absolute atomic E-state index is 0.120. The highest BCUT2D eigenvalue weighted by Crippen LogP contribution is 2.40. The van der Waals surface area contributed by atoms with Crippen LogP contribution in [-0.2, 0) is 9.53 Å². The lowest BCUT2D eigenvalue weighted by molar-refractivity contribution is -0.114. The topological polar surface area (TPSA) is 62.7 Å². The van der Waals surface area contributed by atoms with E-state index in [1.165, 1.54) is 11.8 Å². The maximum absolute atomic E-state index is 11.4. The second-order valence-electron chi connectivity index (χ2n) is 6.50. The van der Waals surface area contributed by atoms with E-state index in [0.29, 0.717) is 29.3 Å². The highest BCUT2D eigenvalue weighted by atomic mass is 32.2. The van der Waals surface area contributed by atoms with Crippen molar-refractivity contribution in [2.75, 3.05) is 17.2 Å². The molecule has 1 aliphatic carbocycles. The summed E-state index contributed by atoms with van der Waals surface area (Å²) >= 11 is 1.90. The zero-order valence-electron chi connectivity index (χ0n) is 21.7. The third-order valence-electron chi connectivity index (χ3n) is 4.23. The third kappa shape index (κ3) is 10.8. The van der Waals surface area contributed by atoms with Gasteiger partial charge >= 0.3 is 0 Å². The molecule has 0 bridgehead atoms. The number of thioether (sulfide) groups is 1. The van der Waals surface area contributed by atoms with Gasteiger partial charge in [0.05, 0.1) is 11.4 Å². The summed E-state index contributed by atoms with van der Waals surface area (Å²) in [4.78, 5) is 17.1. The maximum atomic E-state index is 11.4. The van der Waals surface area contributed by atoms with Gasteiger partial charge in [0, 0.05) is 24.3 Å². The summed E-state index contributed by atoms with van der Waals surface area (Å²) in [5, 5.41) is 6.56. The summed E-state index contributed by atoms with van der Waals surface area (Å²) in [6.45, 7) is 19.9. The summed E-state index contributed by atoms with van der Waals surface area (Å²) in [7, 11) is 0. The van der Waals surface area contributed by atoms with Gasteiger partial charge in [-0.15, -0.1) is 24.9 Å². The Bertz CT molecular complexity index is 901. The van der Waals surface area contributed by atoms with E-state index in [0.717, 1.165) is 11.4 Å². The molecule has 0 fully saturated rings.